The van der Waals surface area contributed by atoms with E-state index in [1.54, 1.807) is 6.07 Å². The van der Waals surface area contributed by atoms with Crippen molar-refractivity contribution in [1.82, 2.24) is 19.9 Å². The second kappa shape index (κ2) is 5.19. The average Bonchev–Trinajstić information content (AvgIpc) is 3.30. The zero-order valence-corrected chi connectivity index (χ0v) is 12.6. The molecule has 0 radical (unpaired) electrons. The van der Waals surface area contributed by atoms with Crippen molar-refractivity contribution in [3.05, 3.63) is 35.8 Å². The second-order valence-electron chi connectivity index (χ2n) is 5.81. The lowest BCUT2D eigenvalue weighted by atomic mass is 10.0. The molecule has 0 unspecified atom stereocenters. The Morgan fingerprint density at radius 3 is 2.83 bits per heavy atom. The first-order chi connectivity index (χ1) is 11.6. The maximum atomic E-state index is 12.3. The molecule has 0 aliphatic heterocycles. The Balaban J connectivity index is 1.97. The Hall–Kier alpha value is -3.16. The van der Waals surface area contributed by atoms with Crippen molar-refractivity contribution in [2.45, 2.75) is 18.8 Å². The summed E-state index contributed by atoms with van der Waals surface area (Å²) in [6.07, 6.45) is 3.48. The summed E-state index contributed by atoms with van der Waals surface area (Å²) in [5, 5.41) is 26.9. The van der Waals surface area contributed by atoms with Crippen LogP contribution in [0.2, 0.25) is 0 Å². The summed E-state index contributed by atoms with van der Waals surface area (Å²) in [4.78, 5) is 27.2. The van der Waals surface area contributed by atoms with Crippen LogP contribution in [0.1, 0.15) is 34.8 Å². The van der Waals surface area contributed by atoms with Crippen LogP contribution in [0.25, 0.3) is 16.4 Å². The molecule has 2 aromatic heterocycles. The van der Waals surface area contributed by atoms with E-state index in [4.69, 9.17) is 5.11 Å². The van der Waals surface area contributed by atoms with E-state index in [1.807, 2.05) is 12.1 Å². The number of benzene rings is 1. The number of aromatic hydroxyl groups is 1. The van der Waals surface area contributed by atoms with Crippen molar-refractivity contribution in [2.24, 2.45) is 0 Å². The highest BCUT2D eigenvalue weighted by Gasteiger charge is 2.29. The highest BCUT2D eigenvalue weighted by molar-refractivity contribution is 6.08. The van der Waals surface area contributed by atoms with Gasteiger partial charge in [0.2, 0.25) is 0 Å². The topological polar surface area (TPSA) is 117 Å². The molecule has 0 spiro atoms. The number of aromatic nitrogens is 3. The summed E-state index contributed by atoms with van der Waals surface area (Å²) < 4.78 is 1.26. The minimum absolute atomic E-state index is 0.121. The molecule has 122 valence electrons. The van der Waals surface area contributed by atoms with Gasteiger partial charge in [0.05, 0.1) is 0 Å². The second-order valence-corrected chi connectivity index (χ2v) is 5.81. The fraction of sp³-hybridized carbons (Fsp3) is 0.250. The SMILES string of the molecule is O=C(O)CNC(=O)c1c(O)c2cccc(C3CC3)c2c2ncnn12. The molecule has 1 aromatic carbocycles. The highest BCUT2D eigenvalue weighted by atomic mass is 16.4. The summed E-state index contributed by atoms with van der Waals surface area (Å²) in [5.41, 5.74) is 1.44. The van der Waals surface area contributed by atoms with Gasteiger partial charge in [0, 0.05) is 10.8 Å². The number of fused-ring (bicyclic) bond motifs is 3. The van der Waals surface area contributed by atoms with Crippen LogP contribution in [-0.2, 0) is 4.79 Å². The normalized spacial score (nSPS) is 14.2. The van der Waals surface area contributed by atoms with Crippen LogP contribution in [0.5, 0.6) is 5.75 Å². The van der Waals surface area contributed by atoms with Gasteiger partial charge in [-0.1, -0.05) is 18.2 Å². The van der Waals surface area contributed by atoms with Crippen LogP contribution in [0, 0.1) is 0 Å². The number of nitrogens with zero attached hydrogens (tertiary/aromatic N) is 3. The third kappa shape index (κ3) is 2.15. The molecule has 8 heteroatoms. The molecule has 2 heterocycles. The minimum atomic E-state index is -1.17. The highest BCUT2D eigenvalue weighted by Crippen LogP contribution is 2.45. The number of carbonyl (C=O) groups is 2. The van der Waals surface area contributed by atoms with E-state index >= 15 is 0 Å². The minimum Gasteiger partial charge on any atom is -0.505 e. The van der Waals surface area contributed by atoms with Crippen molar-refractivity contribution in [3.8, 4) is 5.75 Å². The van der Waals surface area contributed by atoms with Gasteiger partial charge in [0.15, 0.2) is 17.1 Å². The van der Waals surface area contributed by atoms with Gasteiger partial charge in [-0.2, -0.15) is 5.10 Å². The summed E-state index contributed by atoms with van der Waals surface area (Å²) in [7, 11) is 0. The third-order valence-corrected chi connectivity index (χ3v) is 4.19. The number of carboxylic acid groups (broad SMARTS) is 1. The van der Waals surface area contributed by atoms with Crippen molar-refractivity contribution in [2.75, 3.05) is 6.54 Å². The van der Waals surface area contributed by atoms with Crippen LogP contribution >= 0.6 is 0 Å². The molecule has 0 bridgehead atoms. The standard InChI is InChI=1S/C16H14N4O4/c21-11(22)6-17-16(24)13-14(23)10-3-1-2-9(8-4-5-8)12(10)15-18-7-19-20(13)15/h1-3,7-8,23H,4-6H2,(H,17,24)(H,21,22). The van der Waals surface area contributed by atoms with E-state index in [2.05, 4.69) is 15.4 Å². The molecule has 4 rings (SSSR count). The molecule has 0 saturated heterocycles. The molecule has 1 saturated carbocycles. The molecule has 1 fully saturated rings. The fourth-order valence-corrected chi connectivity index (χ4v) is 3.00. The van der Waals surface area contributed by atoms with E-state index in [0.717, 1.165) is 23.8 Å². The van der Waals surface area contributed by atoms with Crippen molar-refractivity contribution in [3.63, 3.8) is 0 Å². The van der Waals surface area contributed by atoms with Gasteiger partial charge in [-0.3, -0.25) is 9.59 Å². The number of amides is 1. The Morgan fingerprint density at radius 2 is 2.12 bits per heavy atom. The van der Waals surface area contributed by atoms with Gasteiger partial charge in [0.1, 0.15) is 12.9 Å². The van der Waals surface area contributed by atoms with Crippen molar-refractivity contribution >= 4 is 28.3 Å². The predicted molar refractivity (Wildman–Crippen MR) is 84.1 cm³/mol. The van der Waals surface area contributed by atoms with Gasteiger partial charge in [0.25, 0.3) is 5.91 Å². The largest absolute Gasteiger partial charge is 0.505 e. The number of hydrogen-bond donors (Lipinski definition) is 3. The average molecular weight is 326 g/mol. The maximum absolute atomic E-state index is 12.3. The smallest absolute Gasteiger partial charge is 0.322 e. The van der Waals surface area contributed by atoms with Crippen molar-refractivity contribution < 1.29 is 19.8 Å². The van der Waals surface area contributed by atoms with Crippen LogP contribution < -0.4 is 5.32 Å². The first kappa shape index (κ1) is 14.4. The molecule has 8 nitrogen and oxygen atoms in total. The summed E-state index contributed by atoms with van der Waals surface area (Å²) in [5.74, 6) is -1.69. The number of carbonyl (C=O) groups excluding carboxylic acids is 1. The zero-order valence-electron chi connectivity index (χ0n) is 12.6. The van der Waals surface area contributed by atoms with E-state index in [1.165, 1.54) is 10.8 Å². The summed E-state index contributed by atoms with van der Waals surface area (Å²) in [6, 6.07) is 5.55. The molecule has 1 amide bonds. The Bertz CT molecular complexity index is 991. The van der Waals surface area contributed by atoms with E-state index in [9.17, 15) is 14.7 Å². The fourth-order valence-electron chi connectivity index (χ4n) is 3.00. The van der Waals surface area contributed by atoms with Gasteiger partial charge in [-0.15, -0.1) is 0 Å². The number of aliphatic carboxylic acids is 1. The van der Waals surface area contributed by atoms with Gasteiger partial charge in [-0.25, -0.2) is 9.50 Å². The molecule has 24 heavy (non-hydrogen) atoms. The van der Waals surface area contributed by atoms with Crippen molar-refractivity contribution in [1.29, 1.82) is 0 Å². The summed E-state index contributed by atoms with van der Waals surface area (Å²) >= 11 is 0. The van der Waals surface area contributed by atoms with E-state index in [-0.39, 0.29) is 11.4 Å². The number of hydrogen-bond acceptors (Lipinski definition) is 5. The summed E-state index contributed by atoms with van der Waals surface area (Å²) in [6.45, 7) is -0.547. The van der Waals surface area contributed by atoms with Crippen LogP contribution in [-0.4, -0.2) is 43.2 Å². The lowest BCUT2D eigenvalue weighted by Gasteiger charge is -2.13. The third-order valence-electron chi connectivity index (χ3n) is 4.19. The quantitative estimate of drug-likeness (QED) is 0.665. The number of nitrogens with one attached hydrogen (secondary N) is 1. The predicted octanol–water partition coefficient (Wildman–Crippen LogP) is 1.28. The van der Waals surface area contributed by atoms with E-state index in [0.29, 0.717) is 17.0 Å². The molecular formula is C16H14N4O4. The lowest BCUT2D eigenvalue weighted by Crippen LogP contribution is -2.31. The van der Waals surface area contributed by atoms with E-state index < -0.39 is 18.4 Å². The lowest BCUT2D eigenvalue weighted by molar-refractivity contribution is -0.135. The van der Waals surface area contributed by atoms with Gasteiger partial charge < -0.3 is 15.5 Å². The van der Waals surface area contributed by atoms with Crippen LogP contribution in [0.3, 0.4) is 0 Å². The monoisotopic (exact) mass is 326 g/mol. The van der Waals surface area contributed by atoms with Gasteiger partial charge in [-0.05, 0) is 24.3 Å². The molecule has 0 atom stereocenters. The maximum Gasteiger partial charge on any atom is 0.322 e. The van der Waals surface area contributed by atoms with Crippen LogP contribution in [0.4, 0.5) is 0 Å². The Morgan fingerprint density at radius 1 is 1.33 bits per heavy atom. The molecule has 1 aliphatic rings. The number of carboxylic acids is 1. The molecule has 3 N–H and O–H groups in total. The first-order valence-electron chi connectivity index (χ1n) is 7.55. The molecule has 1 aliphatic carbocycles. The number of rotatable bonds is 4. The molecule has 3 aromatic rings. The van der Waals surface area contributed by atoms with Crippen LogP contribution in [0.15, 0.2) is 24.5 Å². The Labute approximate surface area is 135 Å². The van der Waals surface area contributed by atoms with Gasteiger partial charge >= 0.3 is 5.97 Å². The zero-order chi connectivity index (χ0) is 16.8. The number of pyridine rings is 1. The molecular weight excluding hydrogens is 312 g/mol. The Kier molecular flexibility index (Phi) is 3.12. The first-order valence-corrected chi connectivity index (χ1v) is 7.55.